The number of rotatable bonds is 4. The van der Waals surface area contributed by atoms with Gasteiger partial charge in [0.2, 0.25) is 0 Å². The van der Waals surface area contributed by atoms with Crippen LogP contribution in [-0.2, 0) is 0 Å². The highest BCUT2D eigenvalue weighted by molar-refractivity contribution is 5.95. The molecule has 2 aromatic rings. The van der Waals surface area contributed by atoms with E-state index >= 15 is 0 Å². The molecule has 1 amide bonds. The van der Waals surface area contributed by atoms with Crippen molar-refractivity contribution < 1.29 is 19.4 Å². The van der Waals surface area contributed by atoms with Gasteiger partial charge in [0.25, 0.3) is 5.91 Å². The normalized spacial score (nSPS) is 15.0. The second-order valence-corrected chi connectivity index (χ2v) is 6.08. The number of carboxylic acids is 1. The fraction of sp³-hybridized carbons (Fsp3) is 0.316. The summed E-state index contributed by atoms with van der Waals surface area (Å²) >= 11 is 0. The third kappa shape index (κ3) is 3.79. The van der Waals surface area contributed by atoms with E-state index in [9.17, 15) is 9.59 Å². The van der Waals surface area contributed by atoms with Gasteiger partial charge in [-0.25, -0.2) is 9.78 Å². The summed E-state index contributed by atoms with van der Waals surface area (Å²) < 4.78 is 5.28. The fourth-order valence-electron chi connectivity index (χ4n) is 3.14. The summed E-state index contributed by atoms with van der Waals surface area (Å²) in [6.07, 6.45) is 3.11. The first-order chi connectivity index (χ1) is 12.1. The summed E-state index contributed by atoms with van der Waals surface area (Å²) in [4.78, 5) is 29.0. The molecule has 25 heavy (non-hydrogen) atoms. The Morgan fingerprint density at radius 1 is 1.20 bits per heavy atom. The molecular weight excluding hydrogens is 320 g/mol. The Morgan fingerprint density at radius 3 is 2.56 bits per heavy atom. The van der Waals surface area contributed by atoms with E-state index in [-0.39, 0.29) is 11.6 Å². The molecule has 1 fully saturated rings. The quantitative estimate of drug-likeness (QED) is 0.926. The zero-order chi connectivity index (χ0) is 17.8. The lowest BCUT2D eigenvalue weighted by Crippen LogP contribution is -2.38. The van der Waals surface area contributed by atoms with Crippen LogP contribution in [0.3, 0.4) is 0 Å². The van der Waals surface area contributed by atoms with Gasteiger partial charge in [-0.2, -0.15) is 0 Å². The molecule has 1 aromatic carbocycles. The molecule has 0 unspecified atom stereocenters. The van der Waals surface area contributed by atoms with Gasteiger partial charge in [0.1, 0.15) is 11.4 Å². The van der Waals surface area contributed by atoms with Gasteiger partial charge in [0.15, 0.2) is 0 Å². The van der Waals surface area contributed by atoms with E-state index < -0.39 is 5.97 Å². The number of piperidine rings is 1. The summed E-state index contributed by atoms with van der Waals surface area (Å²) in [5.74, 6) is 0.0545. The van der Waals surface area contributed by atoms with Crippen LogP contribution in [0, 0.1) is 0 Å². The number of hydrogen-bond donors (Lipinski definition) is 1. The third-order valence-corrected chi connectivity index (χ3v) is 4.58. The number of aromatic carboxylic acids is 1. The number of benzene rings is 1. The van der Waals surface area contributed by atoms with E-state index in [1.165, 1.54) is 23.9 Å². The zero-order valence-electron chi connectivity index (χ0n) is 14.0. The largest absolute Gasteiger partial charge is 0.497 e. The van der Waals surface area contributed by atoms with Crippen molar-refractivity contribution >= 4 is 11.9 Å². The Labute approximate surface area is 146 Å². The molecule has 1 saturated heterocycles. The predicted octanol–water partition coefficient (Wildman–Crippen LogP) is 2.81. The number of nitrogens with zero attached hydrogens (tertiary/aromatic N) is 2. The molecule has 6 nitrogen and oxygen atoms in total. The fourth-order valence-corrected chi connectivity index (χ4v) is 3.14. The van der Waals surface area contributed by atoms with Crippen molar-refractivity contribution in [3.8, 4) is 5.75 Å². The number of ether oxygens (including phenoxy) is 1. The summed E-state index contributed by atoms with van der Waals surface area (Å²) in [5.41, 5.74) is 1.59. The molecule has 1 aliphatic rings. The molecule has 0 atom stereocenters. The van der Waals surface area contributed by atoms with Gasteiger partial charge in [-0.15, -0.1) is 0 Å². The van der Waals surface area contributed by atoms with E-state index in [2.05, 4.69) is 17.1 Å². The van der Waals surface area contributed by atoms with E-state index in [0.717, 1.165) is 18.6 Å². The predicted molar refractivity (Wildman–Crippen MR) is 92.1 cm³/mol. The number of likely N-dealkylation sites (tertiary alicyclic amines) is 1. The van der Waals surface area contributed by atoms with Gasteiger partial charge in [-0.3, -0.25) is 4.79 Å². The molecule has 6 heteroatoms. The van der Waals surface area contributed by atoms with Crippen molar-refractivity contribution in [2.45, 2.75) is 18.8 Å². The number of pyridine rings is 1. The van der Waals surface area contributed by atoms with Crippen molar-refractivity contribution in [1.82, 2.24) is 9.88 Å². The Bertz CT molecular complexity index is 765. The zero-order valence-corrected chi connectivity index (χ0v) is 14.0. The molecule has 0 saturated carbocycles. The average molecular weight is 340 g/mol. The van der Waals surface area contributed by atoms with Crippen molar-refractivity contribution in [3.05, 3.63) is 59.4 Å². The van der Waals surface area contributed by atoms with Crippen molar-refractivity contribution in [2.24, 2.45) is 0 Å². The molecular formula is C19H20N2O4. The van der Waals surface area contributed by atoms with Crippen LogP contribution >= 0.6 is 0 Å². The lowest BCUT2D eigenvalue weighted by Gasteiger charge is -2.32. The molecule has 130 valence electrons. The van der Waals surface area contributed by atoms with E-state index in [0.29, 0.717) is 24.6 Å². The van der Waals surface area contributed by atoms with Gasteiger partial charge in [0.05, 0.1) is 12.7 Å². The lowest BCUT2D eigenvalue weighted by molar-refractivity contribution is 0.0682. The van der Waals surface area contributed by atoms with E-state index in [1.807, 2.05) is 12.1 Å². The van der Waals surface area contributed by atoms with Crippen LogP contribution in [0.4, 0.5) is 0 Å². The first-order valence-corrected chi connectivity index (χ1v) is 8.21. The Hall–Kier alpha value is -2.89. The molecule has 1 aliphatic heterocycles. The maximum Gasteiger partial charge on any atom is 0.354 e. The minimum Gasteiger partial charge on any atom is -0.497 e. The average Bonchev–Trinajstić information content (AvgIpc) is 2.67. The van der Waals surface area contributed by atoms with Gasteiger partial charge in [0, 0.05) is 19.3 Å². The number of methoxy groups -OCH3 is 1. The van der Waals surface area contributed by atoms with E-state index in [4.69, 9.17) is 9.84 Å². The minimum absolute atomic E-state index is 0.0618. The molecule has 1 N–H and O–H groups in total. The number of carbonyl (C=O) groups excluding carboxylic acids is 1. The minimum atomic E-state index is -1.10. The highest BCUT2D eigenvalue weighted by atomic mass is 16.5. The van der Waals surface area contributed by atoms with Crippen LogP contribution in [0.15, 0.2) is 42.6 Å². The summed E-state index contributed by atoms with van der Waals surface area (Å²) in [7, 11) is 1.66. The van der Waals surface area contributed by atoms with Crippen LogP contribution in [-0.4, -0.2) is 47.1 Å². The molecule has 3 rings (SSSR count). The smallest absolute Gasteiger partial charge is 0.354 e. The van der Waals surface area contributed by atoms with Crippen molar-refractivity contribution in [1.29, 1.82) is 0 Å². The summed E-state index contributed by atoms with van der Waals surface area (Å²) in [5, 5.41) is 8.87. The van der Waals surface area contributed by atoms with Gasteiger partial charge in [-0.1, -0.05) is 12.1 Å². The van der Waals surface area contributed by atoms with Crippen molar-refractivity contribution in [2.75, 3.05) is 20.2 Å². The summed E-state index contributed by atoms with van der Waals surface area (Å²) in [6, 6.07) is 10.9. The number of hydrogen-bond acceptors (Lipinski definition) is 4. The highest BCUT2D eigenvalue weighted by Gasteiger charge is 2.25. The first-order valence-electron chi connectivity index (χ1n) is 8.21. The van der Waals surface area contributed by atoms with Crippen molar-refractivity contribution in [3.63, 3.8) is 0 Å². The highest BCUT2D eigenvalue weighted by Crippen LogP contribution is 2.30. The lowest BCUT2D eigenvalue weighted by atomic mass is 9.89. The summed E-state index contributed by atoms with van der Waals surface area (Å²) in [6.45, 7) is 1.34. The van der Waals surface area contributed by atoms with Crippen LogP contribution in [0.5, 0.6) is 5.75 Å². The molecule has 2 heterocycles. The Balaban J connectivity index is 1.63. The molecule has 1 aromatic heterocycles. The van der Waals surface area contributed by atoms with Gasteiger partial charge >= 0.3 is 5.97 Å². The Morgan fingerprint density at radius 2 is 1.96 bits per heavy atom. The maximum absolute atomic E-state index is 12.5. The number of carboxylic acid groups (broad SMARTS) is 1. The molecule has 0 spiro atoms. The third-order valence-electron chi connectivity index (χ3n) is 4.58. The molecule has 0 bridgehead atoms. The van der Waals surface area contributed by atoms with Gasteiger partial charge in [-0.05, 0) is 48.6 Å². The first kappa shape index (κ1) is 17.0. The number of aromatic nitrogens is 1. The number of carbonyl (C=O) groups is 2. The SMILES string of the molecule is COc1cccc(C2CCN(C(=O)c3ccc(C(=O)O)nc3)CC2)c1. The topological polar surface area (TPSA) is 79.7 Å². The number of amides is 1. The Kier molecular flexibility index (Phi) is 4.97. The molecule has 0 aliphatic carbocycles. The molecule has 0 radical (unpaired) electrons. The monoisotopic (exact) mass is 340 g/mol. The second-order valence-electron chi connectivity index (χ2n) is 6.08. The second kappa shape index (κ2) is 7.34. The standard InChI is InChI=1S/C19H20N2O4/c1-25-16-4-2-3-14(11-16)13-7-9-21(10-8-13)18(22)15-5-6-17(19(23)24)20-12-15/h2-6,11-13H,7-10H2,1H3,(H,23,24). The van der Waals surface area contributed by atoms with E-state index in [1.54, 1.807) is 12.0 Å². The van der Waals surface area contributed by atoms with Crippen LogP contribution in [0.1, 0.15) is 45.2 Å². The van der Waals surface area contributed by atoms with Crippen LogP contribution in [0.2, 0.25) is 0 Å². The van der Waals surface area contributed by atoms with Crippen LogP contribution in [0.25, 0.3) is 0 Å². The maximum atomic E-state index is 12.5. The van der Waals surface area contributed by atoms with Gasteiger partial charge < -0.3 is 14.7 Å². The van der Waals surface area contributed by atoms with Crippen LogP contribution < -0.4 is 4.74 Å².